The van der Waals surface area contributed by atoms with Crippen molar-refractivity contribution in [3.05, 3.63) is 77.7 Å². The summed E-state index contributed by atoms with van der Waals surface area (Å²) in [6, 6.07) is 17.8. The van der Waals surface area contributed by atoms with E-state index in [0.29, 0.717) is 23.6 Å². The molecule has 1 N–H and O–H groups in total. The van der Waals surface area contributed by atoms with Gasteiger partial charge in [-0.3, -0.25) is 4.79 Å². The van der Waals surface area contributed by atoms with Gasteiger partial charge in [-0.15, -0.1) is 0 Å². The van der Waals surface area contributed by atoms with Gasteiger partial charge in [0.15, 0.2) is 5.76 Å². The van der Waals surface area contributed by atoms with E-state index >= 15 is 0 Å². The van der Waals surface area contributed by atoms with E-state index in [9.17, 15) is 9.18 Å². The van der Waals surface area contributed by atoms with Crippen LogP contribution in [0.1, 0.15) is 24.1 Å². The highest BCUT2D eigenvalue weighted by atomic mass is 19.1. The Bertz CT molecular complexity index is 901. The minimum absolute atomic E-state index is 0.0651. The zero-order valence-corrected chi connectivity index (χ0v) is 13.5. The normalized spacial score (nSPS) is 14.9. The summed E-state index contributed by atoms with van der Waals surface area (Å²) < 4.78 is 19.2. The average molecular weight is 336 g/mol. The summed E-state index contributed by atoms with van der Waals surface area (Å²) in [5.41, 5.74) is 1.30. The number of hydrogen-bond donors (Lipinski definition) is 1. The van der Waals surface area contributed by atoms with E-state index < -0.39 is 5.41 Å². The molecule has 1 aliphatic rings. The standard InChI is InChI=1S/C20H17FN2O2/c21-16-9-5-4-8-15(16)17-12-18(23-25-17)20(10-11-20)19(24)22-13-14-6-2-1-3-7-14/h1-9,12H,10-11,13H2,(H,22,24). The fraction of sp³-hybridized carbons (Fsp3) is 0.200. The highest BCUT2D eigenvalue weighted by molar-refractivity contribution is 5.91. The molecule has 0 spiro atoms. The Morgan fingerprint density at radius 1 is 1.12 bits per heavy atom. The Morgan fingerprint density at radius 2 is 1.84 bits per heavy atom. The van der Waals surface area contributed by atoms with Gasteiger partial charge in [-0.1, -0.05) is 47.6 Å². The second kappa shape index (κ2) is 6.16. The van der Waals surface area contributed by atoms with E-state index in [1.54, 1.807) is 24.3 Å². The van der Waals surface area contributed by atoms with Crippen LogP contribution in [0, 0.1) is 5.82 Å². The van der Waals surface area contributed by atoms with Crippen LogP contribution < -0.4 is 5.32 Å². The number of rotatable bonds is 5. The van der Waals surface area contributed by atoms with Crippen LogP contribution in [0.5, 0.6) is 0 Å². The van der Waals surface area contributed by atoms with Gasteiger partial charge in [0.2, 0.25) is 5.91 Å². The number of carbonyl (C=O) groups excluding carboxylic acids is 1. The van der Waals surface area contributed by atoms with Crippen LogP contribution in [-0.2, 0) is 16.8 Å². The molecule has 4 rings (SSSR count). The monoisotopic (exact) mass is 336 g/mol. The maximum atomic E-state index is 13.9. The molecule has 1 aromatic heterocycles. The molecule has 1 heterocycles. The first kappa shape index (κ1) is 15.6. The molecule has 1 amide bonds. The van der Waals surface area contributed by atoms with E-state index in [0.717, 1.165) is 18.4 Å². The number of benzene rings is 2. The maximum absolute atomic E-state index is 13.9. The third-order valence-corrected chi connectivity index (χ3v) is 4.62. The Morgan fingerprint density at radius 3 is 2.56 bits per heavy atom. The second-order valence-corrected chi connectivity index (χ2v) is 6.31. The minimum atomic E-state index is -0.651. The van der Waals surface area contributed by atoms with Crippen molar-refractivity contribution in [2.45, 2.75) is 24.8 Å². The van der Waals surface area contributed by atoms with Gasteiger partial charge in [0, 0.05) is 12.6 Å². The van der Waals surface area contributed by atoms with E-state index in [1.165, 1.54) is 6.07 Å². The molecule has 0 unspecified atom stereocenters. The molecule has 0 saturated heterocycles. The number of hydrogen-bond acceptors (Lipinski definition) is 3. The van der Waals surface area contributed by atoms with Crippen molar-refractivity contribution in [2.75, 3.05) is 0 Å². The first-order chi connectivity index (χ1) is 12.2. The fourth-order valence-electron chi connectivity index (χ4n) is 2.96. The quantitative estimate of drug-likeness (QED) is 0.770. The van der Waals surface area contributed by atoms with Gasteiger partial charge in [-0.05, 0) is 30.5 Å². The van der Waals surface area contributed by atoms with Crippen molar-refractivity contribution in [1.82, 2.24) is 10.5 Å². The molecule has 1 aliphatic carbocycles. The van der Waals surface area contributed by atoms with Crippen molar-refractivity contribution < 1.29 is 13.7 Å². The largest absolute Gasteiger partial charge is 0.356 e. The smallest absolute Gasteiger partial charge is 0.232 e. The first-order valence-corrected chi connectivity index (χ1v) is 8.23. The molecule has 126 valence electrons. The van der Waals surface area contributed by atoms with Gasteiger partial charge in [0.1, 0.15) is 5.82 Å². The lowest BCUT2D eigenvalue weighted by Gasteiger charge is -2.12. The van der Waals surface area contributed by atoms with Crippen LogP contribution in [0.25, 0.3) is 11.3 Å². The zero-order chi connectivity index (χ0) is 17.3. The first-order valence-electron chi connectivity index (χ1n) is 8.23. The number of nitrogens with one attached hydrogen (secondary N) is 1. The Balaban J connectivity index is 1.51. The molecule has 5 heteroatoms. The van der Waals surface area contributed by atoms with Crippen LogP contribution in [0.2, 0.25) is 0 Å². The van der Waals surface area contributed by atoms with Crippen LogP contribution in [0.3, 0.4) is 0 Å². The summed E-state index contributed by atoms with van der Waals surface area (Å²) in [5.74, 6) is -0.0939. The van der Waals surface area contributed by atoms with Crippen molar-refractivity contribution in [2.24, 2.45) is 0 Å². The van der Waals surface area contributed by atoms with Crippen LogP contribution in [0.4, 0.5) is 4.39 Å². The number of nitrogens with zero attached hydrogens (tertiary/aromatic N) is 1. The highest BCUT2D eigenvalue weighted by Crippen LogP contribution is 2.48. The van der Waals surface area contributed by atoms with E-state index in [2.05, 4.69) is 10.5 Å². The van der Waals surface area contributed by atoms with Gasteiger partial charge in [0.25, 0.3) is 0 Å². The van der Waals surface area contributed by atoms with Gasteiger partial charge in [0.05, 0.1) is 16.7 Å². The molecule has 3 aromatic rings. The molecule has 2 aromatic carbocycles. The highest BCUT2D eigenvalue weighted by Gasteiger charge is 2.53. The van der Waals surface area contributed by atoms with Crippen LogP contribution in [0.15, 0.2) is 65.2 Å². The molecule has 4 nitrogen and oxygen atoms in total. The average Bonchev–Trinajstić information content (AvgIpc) is 3.31. The van der Waals surface area contributed by atoms with Gasteiger partial charge >= 0.3 is 0 Å². The summed E-state index contributed by atoms with van der Waals surface area (Å²) in [4.78, 5) is 12.6. The van der Waals surface area contributed by atoms with E-state index in [4.69, 9.17) is 4.52 Å². The summed E-state index contributed by atoms with van der Waals surface area (Å²) in [6.07, 6.45) is 1.44. The SMILES string of the molecule is O=C(NCc1ccccc1)C1(c2cc(-c3ccccc3F)on2)CC1. The fourth-order valence-corrected chi connectivity index (χ4v) is 2.96. The lowest BCUT2D eigenvalue weighted by molar-refractivity contribution is -0.123. The number of amides is 1. The number of aromatic nitrogens is 1. The summed E-state index contributed by atoms with van der Waals surface area (Å²) in [5, 5.41) is 7.01. The molecule has 0 atom stereocenters. The summed E-state index contributed by atoms with van der Waals surface area (Å²) >= 11 is 0. The van der Waals surface area contributed by atoms with Gasteiger partial charge in [-0.2, -0.15) is 0 Å². The van der Waals surface area contributed by atoms with Crippen molar-refractivity contribution in [1.29, 1.82) is 0 Å². The zero-order valence-electron chi connectivity index (χ0n) is 13.5. The van der Waals surface area contributed by atoms with Crippen LogP contribution >= 0.6 is 0 Å². The third-order valence-electron chi connectivity index (χ3n) is 4.62. The molecule has 0 aliphatic heterocycles. The third kappa shape index (κ3) is 2.93. The summed E-state index contributed by atoms with van der Waals surface area (Å²) in [7, 11) is 0. The lowest BCUT2D eigenvalue weighted by Crippen LogP contribution is -2.34. The van der Waals surface area contributed by atoms with E-state index in [-0.39, 0.29) is 11.7 Å². The maximum Gasteiger partial charge on any atom is 0.232 e. The van der Waals surface area contributed by atoms with Crippen molar-refractivity contribution >= 4 is 5.91 Å². The lowest BCUT2D eigenvalue weighted by atomic mass is 10.00. The van der Waals surface area contributed by atoms with Crippen molar-refractivity contribution in [3.63, 3.8) is 0 Å². The predicted molar refractivity (Wildman–Crippen MR) is 91.1 cm³/mol. The summed E-state index contributed by atoms with van der Waals surface area (Å²) in [6.45, 7) is 0.472. The number of halogens is 1. The Labute approximate surface area is 144 Å². The molecule has 1 saturated carbocycles. The van der Waals surface area contributed by atoms with Crippen molar-refractivity contribution in [3.8, 4) is 11.3 Å². The van der Waals surface area contributed by atoms with Gasteiger partial charge < -0.3 is 9.84 Å². The van der Waals surface area contributed by atoms with Gasteiger partial charge in [-0.25, -0.2) is 4.39 Å². The molecule has 0 radical (unpaired) electrons. The van der Waals surface area contributed by atoms with Crippen LogP contribution in [-0.4, -0.2) is 11.1 Å². The van der Waals surface area contributed by atoms with E-state index in [1.807, 2.05) is 30.3 Å². The molecule has 1 fully saturated rings. The predicted octanol–water partition coefficient (Wildman–Crippen LogP) is 3.83. The molecule has 0 bridgehead atoms. The molecular weight excluding hydrogens is 319 g/mol. The molecular formula is C20H17FN2O2. The second-order valence-electron chi connectivity index (χ2n) is 6.31. The topological polar surface area (TPSA) is 55.1 Å². The Hall–Kier alpha value is -2.95. The molecule has 25 heavy (non-hydrogen) atoms. The Kier molecular flexibility index (Phi) is 3.84. The minimum Gasteiger partial charge on any atom is -0.356 e. The number of carbonyl (C=O) groups is 1.